The number of hydrogen-bond donors (Lipinski definition) is 1. The van der Waals surface area contributed by atoms with Gasteiger partial charge in [-0.1, -0.05) is 38.1 Å². The van der Waals surface area contributed by atoms with E-state index >= 15 is 0 Å². The van der Waals surface area contributed by atoms with E-state index in [0.29, 0.717) is 5.25 Å². The molecule has 1 N–H and O–H groups in total. The van der Waals surface area contributed by atoms with Crippen LogP contribution in [0.1, 0.15) is 25.0 Å². The first-order chi connectivity index (χ1) is 7.58. The number of carboxylic acid groups (broad SMARTS) is 1. The van der Waals surface area contributed by atoms with Crippen molar-refractivity contribution >= 4 is 23.8 Å². The molecule has 86 valence electrons. The lowest BCUT2D eigenvalue weighted by atomic mass is 10.1. The minimum absolute atomic E-state index is 0.609. The highest BCUT2D eigenvalue weighted by Gasteiger charge is 1.97. The van der Waals surface area contributed by atoms with Gasteiger partial charge in [-0.3, -0.25) is 0 Å². The van der Waals surface area contributed by atoms with E-state index in [0.717, 1.165) is 17.4 Å². The van der Waals surface area contributed by atoms with E-state index in [4.69, 9.17) is 5.11 Å². The van der Waals surface area contributed by atoms with Gasteiger partial charge in [0, 0.05) is 11.8 Å². The van der Waals surface area contributed by atoms with Crippen molar-refractivity contribution in [1.29, 1.82) is 0 Å². The summed E-state index contributed by atoms with van der Waals surface area (Å²) >= 11 is 1.88. The maximum absolute atomic E-state index is 10.4. The van der Waals surface area contributed by atoms with Crippen LogP contribution in [0.25, 0.3) is 6.08 Å². The van der Waals surface area contributed by atoms with Crippen LogP contribution in [0.2, 0.25) is 0 Å². The van der Waals surface area contributed by atoms with Crippen LogP contribution in [0.3, 0.4) is 0 Å². The maximum Gasteiger partial charge on any atom is 0.328 e. The van der Waals surface area contributed by atoms with Crippen molar-refractivity contribution in [3.63, 3.8) is 0 Å². The zero-order valence-electron chi connectivity index (χ0n) is 9.51. The summed E-state index contributed by atoms with van der Waals surface area (Å²) in [7, 11) is 0. The Morgan fingerprint density at radius 2 is 2.25 bits per heavy atom. The highest BCUT2D eigenvalue weighted by atomic mass is 32.2. The van der Waals surface area contributed by atoms with E-state index < -0.39 is 5.97 Å². The molecule has 0 aliphatic rings. The fourth-order valence-corrected chi connectivity index (χ4v) is 1.92. The molecule has 0 amide bonds. The first-order valence-electron chi connectivity index (χ1n) is 5.19. The third kappa shape index (κ3) is 5.03. The number of benzene rings is 1. The molecule has 1 rings (SSSR count). The fourth-order valence-electron chi connectivity index (χ4n) is 1.22. The quantitative estimate of drug-likeness (QED) is 0.796. The molecule has 3 heteroatoms. The minimum Gasteiger partial charge on any atom is -0.478 e. The lowest BCUT2D eigenvalue weighted by molar-refractivity contribution is -0.131. The Labute approximate surface area is 100 Å². The first-order valence-corrected chi connectivity index (χ1v) is 6.24. The Kier molecular flexibility index (Phi) is 5.12. The summed E-state index contributed by atoms with van der Waals surface area (Å²) in [5, 5.41) is 9.14. The molecule has 1 aromatic carbocycles. The predicted octanol–water partition coefficient (Wildman–Crippen LogP) is 3.43. The van der Waals surface area contributed by atoms with E-state index in [1.54, 1.807) is 6.08 Å². The molecule has 0 heterocycles. The van der Waals surface area contributed by atoms with Crippen LogP contribution in [0.4, 0.5) is 0 Å². The van der Waals surface area contributed by atoms with Gasteiger partial charge in [-0.2, -0.15) is 11.8 Å². The highest BCUT2D eigenvalue weighted by Crippen LogP contribution is 2.18. The van der Waals surface area contributed by atoms with E-state index in [2.05, 4.69) is 19.9 Å². The van der Waals surface area contributed by atoms with Crippen LogP contribution in [0, 0.1) is 0 Å². The number of thioether (sulfide) groups is 1. The predicted molar refractivity (Wildman–Crippen MR) is 69.5 cm³/mol. The number of rotatable bonds is 5. The molecular weight excluding hydrogens is 220 g/mol. The Hall–Kier alpha value is -1.22. The monoisotopic (exact) mass is 236 g/mol. The molecule has 16 heavy (non-hydrogen) atoms. The fraction of sp³-hybridized carbons (Fsp3) is 0.308. The van der Waals surface area contributed by atoms with Crippen molar-refractivity contribution in [1.82, 2.24) is 0 Å². The SMILES string of the molecule is CC(C)SCc1cccc(/C=C/C(=O)O)c1. The van der Waals surface area contributed by atoms with Gasteiger partial charge < -0.3 is 5.11 Å². The summed E-state index contributed by atoms with van der Waals surface area (Å²) in [6.07, 6.45) is 2.78. The molecule has 0 aromatic heterocycles. The second kappa shape index (κ2) is 6.38. The number of aliphatic carboxylic acids is 1. The summed E-state index contributed by atoms with van der Waals surface area (Å²) in [5.74, 6) is 0.0498. The van der Waals surface area contributed by atoms with Crippen LogP contribution >= 0.6 is 11.8 Å². The average molecular weight is 236 g/mol. The number of hydrogen-bond acceptors (Lipinski definition) is 2. The molecular formula is C13H16O2S. The van der Waals surface area contributed by atoms with Crippen molar-refractivity contribution in [3.05, 3.63) is 41.5 Å². The smallest absolute Gasteiger partial charge is 0.328 e. The second-order valence-corrected chi connectivity index (χ2v) is 5.34. The summed E-state index contributed by atoms with van der Waals surface area (Å²) in [5.41, 5.74) is 2.16. The normalized spacial score (nSPS) is 11.2. The van der Waals surface area contributed by atoms with Crippen molar-refractivity contribution in [2.75, 3.05) is 0 Å². The molecule has 0 radical (unpaired) electrons. The largest absolute Gasteiger partial charge is 0.478 e. The van der Waals surface area contributed by atoms with Gasteiger partial charge in [0.1, 0.15) is 0 Å². The van der Waals surface area contributed by atoms with Gasteiger partial charge in [0.15, 0.2) is 0 Å². The molecule has 0 saturated carbocycles. The molecule has 1 aromatic rings. The van der Waals surface area contributed by atoms with Crippen LogP contribution < -0.4 is 0 Å². The molecule has 0 spiro atoms. The van der Waals surface area contributed by atoms with E-state index in [-0.39, 0.29) is 0 Å². The van der Waals surface area contributed by atoms with Crippen LogP contribution in [0.5, 0.6) is 0 Å². The third-order valence-electron chi connectivity index (χ3n) is 1.95. The molecule has 0 unspecified atom stereocenters. The van der Waals surface area contributed by atoms with Gasteiger partial charge in [0.05, 0.1) is 0 Å². The Morgan fingerprint density at radius 1 is 1.50 bits per heavy atom. The number of carbonyl (C=O) groups is 1. The number of carboxylic acids is 1. The molecule has 0 bridgehead atoms. The Morgan fingerprint density at radius 3 is 2.88 bits per heavy atom. The van der Waals surface area contributed by atoms with Gasteiger partial charge in [-0.25, -0.2) is 4.79 Å². The average Bonchev–Trinajstić information content (AvgIpc) is 2.24. The topological polar surface area (TPSA) is 37.3 Å². The Bertz CT molecular complexity index is 383. The van der Waals surface area contributed by atoms with Crippen molar-refractivity contribution < 1.29 is 9.90 Å². The van der Waals surface area contributed by atoms with Gasteiger partial charge >= 0.3 is 5.97 Å². The lowest BCUT2D eigenvalue weighted by Crippen LogP contribution is -1.90. The van der Waals surface area contributed by atoms with E-state index in [1.165, 1.54) is 5.56 Å². The molecule has 0 aliphatic carbocycles. The zero-order chi connectivity index (χ0) is 12.0. The summed E-state index contributed by atoms with van der Waals surface area (Å²) in [6.45, 7) is 4.33. The van der Waals surface area contributed by atoms with Crippen LogP contribution in [0.15, 0.2) is 30.3 Å². The molecule has 0 atom stereocenters. The molecule has 0 fully saturated rings. The van der Waals surface area contributed by atoms with E-state index in [9.17, 15) is 4.79 Å². The van der Waals surface area contributed by atoms with Gasteiger partial charge in [-0.05, 0) is 22.5 Å². The van der Waals surface area contributed by atoms with Gasteiger partial charge in [-0.15, -0.1) is 0 Å². The summed E-state index contributed by atoms with van der Waals surface area (Å²) < 4.78 is 0. The Balaban J connectivity index is 2.67. The highest BCUT2D eigenvalue weighted by molar-refractivity contribution is 7.99. The maximum atomic E-state index is 10.4. The van der Waals surface area contributed by atoms with Crippen molar-refractivity contribution in [2.45, 2.75) is 24.9 Å². The first kappa shape index (κ1) is 12.8. The third-order valence-corrected chi connectivity index (χ3v) is 3.12. The second-order valence-electron chi connectivity index (χ2n) is 3.78. The van der Waals surface area contributed by atoms with Gasteiger partial charge in [0.25, 0.3) is 0 Å². The van der Waals surface area contributed by atoms with Crippen LogP contribution in [-0.2, 0) is 10.5 Å². The van der Waals surface area contributed by atoms with Crippen LogP contribution in [-0.4, -0.2) is 16.3 Å². The minimum atomic E-state index is -0.915. The standard InChI is InChI=1S/C13H16O2S/c1-10(2)16-9-12-5-3-4-11(8-12)6-7-13(14)15/h3-8,10H,9H2,1-2H3,(H,14,15)/b7-6+. The van der Waals surface area contributed by atoms with Crippen molar-refractivity contribution in [3.8, 4) is 0 Å². The lowest BCUT2D eigenvalue weighted by Gasteiger charge is -2.05. The van der Waals surface area contributed by atoms with Gasteiger partial charge in [0.2, 0.25) is 0 Å². The molecule has 2 nitrogen and oxygen atoms in total. The summed E-state index contributed by atoms with van der Waals surface area (Å²) in [6, 6.07) is 7.95. The molecule has 0 saturated heterocycles. The van der Waals surface area contributed by atoms with Crippen molar-refractivity contribution in [2.24, 2.45) is 0 Å². The zero-order valence-corrected chi connectivity index (χ0v) is 10.3. The molecule has 0 aliphatic heterocycles. The van der Waals surface area contributed by atoms with E-state index in [1.807, 2.05) is 30.0 Å². The summed E-state index contributed by atoms with van der Waals surface area (Å²) in [4.78, 5) is 10.4.